The molecule has 1 heterocycles. The molecule has 0 unspecified atom stereocenters. The highest BCUT2D eigenvalue weighted by molar-refractivity contribution is 6.33. The van der Waals surface area contributed by atoms with Crippen molar-refractivity contribution in [3.63, 3.8) is 0 Å². The number of likely N-dealkylation sites (N-methyl/N-ethyl adjacent to an activating group) is 1. The summed E-state index contributed by atoms with van der Waals surface area (Å²) in [5.74, 6) is -1.22. The predicted octanol–water partition coefficient (Wildman–Crippen LogP) is 1.28. The summed E-state index contributed by atoms with van der Waals surface area (Å²) in [7, 11) is 1.49. The molecule has 1 aliphatic heterocycles. The van der Waals surface area contributed by atoms with Crippen LogP contribution < -0.4 is 5.32 Å². The van der Waals surface area contributed by atoms with Gasteiger partial charge in [-0.2, -0.15) is 0 Å². The first kappa shape index (κ1) is 17.9. The van der Waals surface area contributed by atoms with E-state index in [4.69, 9.17) is 11.6 Å². The molecular weight excluding hydrogens is 334 g/mol. The highest BCUT2D eigenvalue weighted by Crippen LogP contribution is 2.20. The number of nitrogens with one attached hydrogen (secondary N) is 1. The molecule has 1 fully saturated rings. The summed E-state index contributed by atoms with van der Waals surface area (Å²) in [6, 6.07) is 6.79. The van der Waals surface area contributed by atoms with Gasteiger partial charge in [0.25, 0.3) is 0 Å². The lowest BCUT2D eigenvalue weighted by Gasteiger charge is -2.19. The molecule has 128 valence electrons. The molecule has 8 heteroatoms. The van der Waals surface area contributed by atoms with Crippen molar-refractivity contribution in [2.24, 2.45) is 0 Å². The number of imide groups is 1. The molecule has 0 spiro atoms. The van der Waals surface area contributed by atoms with Gasteiger partial charge in [-0.05, 0) is 12.1 Å². The second kappa shape index (κ2) is 7.92. The van der Waals surface area contributed by atoms with Crippen LogP contribution in [0, 0.1) is 0 Å². The van der Waals surface area contributed by atoms with E-state index in [9.17, 15) is 19.2 Å². The minimum Gasteiger partial charge on any atom is -0.336 e. The van der Waals surface area contributed by atoms with Gasteiger partial charge in [-0.1, -0.05) is 23.7 Å². The van der Waals surface area contributed by atoms with E-state index in [0.717, 1.165) is 4.90 Å². The Morgan fingerprint density at radius 2 is 1.83 bits per heavy atom. The number of rotatable bonds is 6. The zero-order chi connectivity index (χ0) is 17.7. The van der Waals surface area contributed by atoms with E-state index in [1.165, 1.54) is 11.9 Å². The van der Waals surface area contributed by atoms with Gasteiger partial charge in [-0.25, -0.2) is 0 Å². The minimum absolute atomic E-state index is 0.00659. The van der Waals surface area contributed by atoms with Crippen LogP contribution in [0.2, 0.25) is 5.02 Å². The smallest absolute Gasteiger partial charge is 0.244 e. The number of carbonyl (C=O) groups is 4. The normalized spacial score (nSPS) is 14.0. The van der Waals surface area contributed by atoms with Gasteiger partial charge in [0.05, 0.1) is 17.3 Å². The fourth-order valence-corrected chi connectivity index (χ4v) is 2.51. The number of likely N-dealkylation sites (tertiary alicyclic amines) is 1. The van der Waals surface area contributed by atoms with Crippen LogP contribution in [0.25, 0.3) is 0 Å². The minimum atomic E-state index is -0.382. The van der Waals surface area contributed by atoms with Crippen molar-refractivity contribution in [3.05, 3.63) is 29.3 Å². The molecule has 1 N–H and O–H groups in total. The zero-order valence-corrected chi connectivity index (χ0v) is 14.0. The van der Waals surface area contributed by atoms with Crippen molar-refractivity contribution < 1.29 is 19.2 Å². The van der Waals surface area contributed by atoms with Crippen LogP contribution in [0.15, 0.2) is 24.3 Å². The predicted molar refractivity (Wildman–Crippen MR) is 88.3 cm³/mol. The highest BCUT2D eigenvalue weighted by Gasteiger charge is 2.29. The van der Waals surface area contributed by atoms with E-state index in [0.29, 0.717) is 10.7 Å². The van der Waals surface area contributed by atoms with Crippen LogP contribution in [0.5, 0.6) is 0 Å². The van der Waals surface area contributed by atoms with Crippen molar-refractivity contribution in [3.8, 4) is 0 Å². The first-order valence-corrected chi connectivity index (χ1v) is 7.88. The lowest BCUT2D eigenvalue weighted by Crippen LogP contribution is -2.38. The quantitative estimate of drug-likeness (QED) is 0.782. The van der Waals surface area contributed by atoms with Crippen molar-refractivity contribution in [1.29, 1.82) is 0 Å². The fraction of sp³-hybridized carbons (Fsp3) is 0.375. The Labute approximate surface area is 144 Å². The van der Waals surface area contributed by atoms with Crippen LogP contribution >= 0.6 is 11.6 Å². The average molecular weight is 352 g/mol. The molecule has 4 amide bonds. The summed E-state index contributed by atoms with van der Waals surface area (Å²) in [6.45, 7) is -0.0983. The van der Waals surface area contributed by atoms with Crippen LogP contribution in [0.1, 0.15) is 19.3 Å². The van der Waals surface area contributed by atoms with E-state index in [1.54, 1.807) is 24.3 Å². The Balaban J connectivity index is 1.80. The highest BCUT2D eigenvalue weighted by atomic mass is 35.5. The van der Waals surface area contributed by atoms with Gasteiger partial charge in [0, 0.05) is 32.9 Å². The Kier molecular flexibility index (Phi) is 5.92. The Bertz CT molecular complexity index is 661. The van der Waals surface area contributed by atoms with Crippen molar-refractivity contribution in [1.82, 2.24) is 9.80 Å². The summed E-state index contributed by atoms with van der Waals surface area (Å²) in [5.41, 5.74) is 0.471. The SMILES string of the molecule is CN(CC(=O)Nc1ccccc1Cl)C(=O)CCN1C(=O)CCC1=O. The van der Waals surface area contributed by atoms with Gasteiger partial charge in [0.1, 0.15) is 0 Å². The number of nitrogens with zero attached hydrogens (tertiary/aromatic N) is 2. The van der Waals surface area contributed by atoms with E-state index in [2.05, 4.69) is 5.32 Å². The summed E-state index contributed by atoms with van der Waals surface area (Å²) >= 11 is 5.95. The Morgan fingerprint density at radius 1 is 1.21 bits per heavy atom. The first-order chi connectivity index (χ1) is 11.4. The molecule has 24 heavy (non-hydrogen) atoms. The molecule has 1 aromatic rings. The molecule has 2 rings (SSSR count). The lowest BCUT2D eigenvalue weighted by atomic mass is 10.3. The topological polar surface area (TPSA) is 86.8 Å². The maximum Gasteiger partial charge on any atom is 0.244 e. The Hall–Kier alpha value is -2.41. The number of halogens is 1. The number of hydrogen-bond acceptors (Lipinski definition) is 4. The third kappa shape index (κ3) is 4.55. The molecule has 1 saturated heterocycles. The summed E-state index contributed by atoms with van der Waals surface area (Å²) in [6.07, 6.45) is 0.388. The van der Waals surface area contributed by atoms with Gasteiger partial charge in [-0.3, -0.25) is 24.1 Å². The largest absolute Gasteiger partial charge is 0.336 e. The number of anilines is 1. The maximum absolute atomic E-state index is 12.0. The van der Waals surface area contributed by atoms with Crippen molar-refractivity contribution >= 4 is 40.9 Å². The first-order valence-electron chi connectivity index (χ1n) is 7.50. The summed E-state index contributed by atoms with van der Waals surface area (Å²) in [5, 5.41) is 3.03. The molecule has 0 atom stereocenters. The maximum atomic E-state index is 12.0. The number of benzene rings is 1. The van der Waals surface area contributed by atoms with Gasteiger partial charge in [-0.15, -0.1) is 0 Å². The molecule has 0 bridgehead atoms. The van der Waals surface area contributed by atoms with E-state index < -0.39 is 0 Å². The Morgan fingerprint density at radius 3 is 2.46 bits per heavy atom. The number of carbonyl (C=O) groups excluding carboxylic acids is 4. The van der Waals surface area contributed by atoms with Crippen molar-refractivity contribution in [2.45, 2.75) is 19.3 Å². The third-order valence-electron chi connectivity index (χ3n) is 3.66. The third-order valence-corrected chi connectivity index (χ3v) is 3.99. The molecular formula is C16H18ClN3O4. The van der Waals surface area contributed by atoms with Gasteiger partial charge in [0.15, 0.2) is 0 Å². The second-order valence-corrected chi connectivity index (χ2v) is 5.87. The van der Waals surface area contributed by atoms with Crippen LogP contribution in [0.4, 0.5) is 5.69 Å². The van der Waals surface area contributed by atoms with E-state index in [-0.39, 0.29) is 56.0 Å². The number of amides is 4. The summed E-state index contributed by atoms with van der Waals surface area (Å²) in [4.78, 5) is 49.3. The zero-order valence-electron chi connectivity index (χ0n) is 13.3. The molecule has 7 nitrogen and oxygen atoms in total. The monoisotopic (exact) mass is 351 g/mol. The fourth-order valence-electron chi connectivity index (χ4n) is 2.33. The number of para-hydroxylation sites is 1. The number of hydrogen-bond donors (Lipinski definition) is 1. The van der Waals surface area contributed by atoms with Crippen LogP contribution in [-0.2, 0) is 19.2 Å². The standard InChI is InChI=1S/C16H18ClN3O4/c1-19(10-13(21)18-12-5-3-2-4-11(12)17)14(22)8-9-20-15(23)6-7-16(20)24/h2-5H,6-10H2,1H3,(H,18,21). The lowest BCUT2D eigenvalue weighted by molar-refractivity contribution is -0.140. The molecule has 0 aromatic heterocycles. The molecule has 0 aliphatic carbocycles. The molecule has 1 aliphatic rings. The van der Waals surface area contributed by atoms with Gasteiger partial charge >= 0.3 is 0 Å². The van der Waals surface area contributed by atoms with E-state index >= 15 is 0 Å². The van der Waals surface area contributed by atoms with Crippen LogP contribution in [-0.4, -0.2) is 53.6 Å². The summed E-state index contributed by atoms with van der Waals surface area (Å²) < 4.78 is 0. The van der Waals surface area contributed by atoms with E-state index in [1.807, 2.05) is 0 Å². The molecule has 0 saturated carbocycles. The second-order valence-electron chi connectivity index (χ2n) is 5.47. The molecule has 0 radical (unpaired) electrons. The van der Waals surface area contributed by atoms with Gasteiger partial charge < -0.3 is 10.2 Å². The van der Waals surface area contributed by atoms with Gasteiger partial charge in [0.2, 0.25) is 23.6 Å². The average Bonchev–Trinajstić information content (AvgIpc) is 2.85. The molecule has 1 aromatic carbocycles. The van der Waals surface area contributed by atoms with Crippen LogP contribution in [0.3, 0.4) is 0 Å². The van der Waals surface area contributed by atoms with Crippen molar-refractivity contribution in [2.75, 3.05) is 25.5 Å².